The molecule has 5 nitrogen and oxygen atoms in total. The molecular formula is C33H32ClN3O2. The molecule has 1 heterocycles. The number of Topliss-reactive ketones (excluding diaryl/α,β-unsaturated/α-hetero) is 1. The van der Waals surface area contributed by atoms with Gasteiger partial charge in [0.05, 0.1) is 17.6 Å². The monoisotopic (exact) mass is 537 g/mol. The van der Waals surface area contributed by atoms with Gasteiger partial charge < -0.3 is 10.5 Å². The molecule has 0 radical (unpaired) electrons. The minimum atomic E-state index is -0.519. The summed E-state index contributed by atoms with van der Waals surface area (Å²) in [6, 6.07) is 20.1. The lowest BCUT2D eigenvalue weighted by Crippen LogP contribution is -2.39. The van der Waals surface area contributed by atoms with Crippen LogP contribution >= 0.6 is 11.6 Å². The van der Waals surface area contributed by atoms with Crippen molar-refractivity contribution in [3.05, 3.63) is 116 Å². The summed E-state index contributed by atoms with van der Waals surface area (Å²) in [6.07, 6.45) is 1.95. The molecule has 5 rings (SSSR count). The van der Waals surface area contributed by atoms with Crippen LogP contribution in [-0.2, 0) is 11.4 Å². The first-order chi connectivity index (χ1) is 18.7. The predicted molar refractivity (Wildman–Crippen MR) is 156 cm³/mol. The van der Waals surface area contributed by atoms with Crippen LogP contribution in [0.1, 0.15) is 58.6 Å². The molecule has 0 saturated heterocycles. The molecule has 1 aliphatic heterocycles. The van der Waals surface area contributed by atoms with Crippen LogP contribution in [0.15, 0.2) is 77.3 Å². The van der Waals surface area contributed by atoms with E-state index in [0.29, 0.717) is 35.0 Å². The molecule has 39 heavy (non-hydrogen) atoms. The van der Waals surface area contributed by atoms with Crippen molar-refractivity contribution in [2.24, 2.45) is 5.73 Å². The molecule has 0 saturated carbocycles. The number of benzene rings is 3. The molecule has 0 aromatic heterocycles. The second-order valence-electron chi connectivity index (χ2n) is 10.5. The minimum Gasteiger partial charge on any atom is -0.489 e. The fraction of sp³-hybridized carbons (Fsp3) is 0.273. The normalized spacial score (nSPS) is 17.3. The Morgan fingerprint density at radius 3 is 2.56 bits per heavy atom. The van der Waals surface area contributed by atoms with Crippen molar-refractivity contribution in [2.75, 3.05) is 4.90 Å². The number of carbonyl (C=O) groups excluding carboxylic acids is 1. The van der Waals surface area contributed by atoms with Crippen molar-refractivity contribution in [2.45, 2.75) is 59.5 Å². The summed E-state index contributed by atoms with van der Waals surface area (Å²) in [6.45, 7) is 8.40. The van der Waals surface area contributed by atoms with Crippen LogP contribution in [0.4, 0.5) is 5.69 Å². The Kier molecular flexibility index (Phi) is 7.25. The number of halogens is 1. The van der Waals surface area contributed by atoms with Crippen LogP contribution in [0.3, 0.4) is 0 Å². The average molecular weight is 538 g/mol. The van der Waals surface area contributed by atoms with Crippen LogP contribution in [0.2, 0.25) is 5.02 Å². The van der Waals surface area contributed by atoms with Gasteiger partial charge in [0.2, 0.25) is 0 Å². The molecule has 1 unspecified atom stereocenters. The molecule has 2 N–H and O–H groups in total. The van der Waals surface area contributed by atoms with E-state index in [4.69, 9.17) is 22.1 Å². The smallest absolute Gasteiger partial charge is 0.161 e. The summed E-state index contributed by atoms with van der Waals surface area (Å²) in [5.74, 6) is 0.712. The van der Waals surface area contributed by atoms with E-state index in [0.717, 1.165) is 63.4 Å². The van der Waals surface area contributed by atoms with E-state index >= 15 is 0 Å². The quantitative estimate of drug-likeness (QED) is 0.365. The number of ketones is 1. The van der Waals surface area contributed by atoms with Gasteiger partial charge in [-0.25, -0.2) is 0 Å². The van der Waals surface area contributed by atoms with Gasteiger partial charge >= 0.3 is 0 Å². The number of carbonyl (C=O) groups is 1. The first kappa shape index (κ1) is 26.6. The van der Waals surface area contributed by atoms with Crippen LogP contribution < -0.4 is 15.4 Å². The Bertz CT molecular complexity index is 1590. The first-order valence-corrected chi connectivity index (χ1v) is 13.6. The van der Waals surface area contributed by atoms with Crippen molar-refractivity contribution in [3.63, 3.8) is 0 Å². The first-order valence-electron chi connectivity index (χ1n) is 13.2. The highest BCUT2D eigenvalue weighted by molar-refractivity contribution is 6.30. The number of hydrogen-bond acceptors (Lipinski definition) is 5. The zero-order valence-corrected chi connectivity index (χ0v) is 23.5. The lowest BCUT2D eigenvalue weighted by Gasteiger charge is -2.40. The van der Waals surface area contributed by atoms with E-state index in [1.807, 2.05) is 75.1 Å². The van der Waals surface area contributed by atoms with Crippen LogP contribution in [-0.4, -0.2) is 5.78 Å². The third-order valence-electron chi connectivity index (χ3n) is 7.70. The molecular weight excluding hydrogens is 506 g/mol. The summed E-state index contributed by atoms with van der Waals surface area (Å²) in [5, 5.41) is 11.1. The zero-order chi connectivity index (χ0) is 27.8. The number of allylic oxidation sites excluding steroid dienone is 3. The molecule has 0 amide bonds. The van der Waals surface area contributed by atoms with Gasteiger partial charge in [-0.15, -0.1) is 0 Å². The van der Waals surface area contributed by atoms with E-state index in [1.165, 1.54) is 0 Å². The highest BCUT2D eigenvalue weighted by Crippen LogP contribution is 2.47. The molecule has 6 heteroatoms. The molecule has 0 bridgehead atoms. The number of anilines is 1. The standard InChI is InChI=1S/C33H32ClN3O2/c1-19-7-5-8-25(14-19)37-28-9-6-10-29(38)32(28)31(27(17-35)33(37)36)26-15-20(2)13-23(22(26)4)18-39-30-12-11-24(34)16-21(30)3/h5,7-8,11-16,31H,6,9-10,18,36H2,1-4H3. The van der Waals surface area contributed by atoms with E-state index in [9.17, 15) is 10.1 Å². The van der Waals surface area contributed by atoms with Crippen LogP contribution in [0.25, 0.3) is 0 Å². The van der Waals surface area contributed by atoms with Gasteiger partial charge in [-0.2, -0.15) is 5.26 Å². The highest BCUT2D eigenvalue weighted by atomic mass is 35.5. The van der Waals surface area contributed by atoms with Gasteiger partial charge in [0, 0.05) is 28.4 Å². The summed E-state index contributed by atoms with van der Waals surface area (Å²) in [4.78, 5) is 15.5. The summed E-state index contributed by atoms with van der Waals surface area (Å²) in [7, 11) is 0. The number of aryl methyl sites for hydroxylation is 3. The molecule has 3 aromatic carbocycles. The molecule has 1 aliphatic carbocycles. The van der Waals surface area contributed by atoms with Gasteiger partial charge in [-0.05, 0) is 98.7 Å². The van der Waals surface area contributed by atoms with Crippen molar-refractivity contribution >= 4 is 23.1 Å². The summed E-state index contributed by atoms with van der Waals surface area (Å²) < 4.78 is 6.20. The van der Waals surface area contributed by atoms with Gasteiger partial charge in [-0.3, -0.25) is 9.69 Å². The number of nitriles is 1. The molecule has 0 fully saturated rings. The topological polar surface area (TPSA) is 79.3 Å². The lowest BCUT2D eigenvalue weighted by atomic mass is 9.73. The molecule has 0 spiro atoms. The largest absolute Gasteiger partial charge is 0.489 e. The van der Waals surface area contributed by atoms with Crippen LogP contribution in [0, 0.1) is 39.0 Å². The summed E-state index contributed by atoms with van der Waals surface area (Å²) >= 11 is 6.12. The van der Waals surface area contributed by atoms with Crippen molar-refractivity contribution in [1.82, 2.24) is 0 Å². The lowest BCUT2D eigenvalue weighted by molar-refractivity contribution is -0.116. The van der Waals surface area contributed by atoms with Crippen molar-refractivity contribution in [1.29, 1.82) is 5.26 Å². The van der Waals surface area contributed by atoms with Gasteiger partial charge in [0.25, 0.3) is 0 Å². The van der Waals surface area contributed by atoms with E-state index in [2.05, 4.69) is 18.2 Å². The van der Waals surface area contributed by atoms with Crippen molar-refractivity contribution in [3.8, 4) is 11.8 Å². The van der Waals surface area contributed by atoms with E-state index < -0.39 is 5.92 Å². The van der Waals surface area contributed by atoms with E-state index in [-0.39, 0.29) is 5.78 Å². The fourth-order valence-electron chi connectivity index (χ4n) is 5.80. The third kappa shape index (κ3) is 4.93. The maximum atomic E-state index is 13.6. The number of nitrogens with zero attached hydrogens (tertiary/aromatic N) is 2. The second-order valence-corrected chi connectivity index (χ2v) is 10.9. The molecule has 2 aliphatic rings. The van der Waals surface area contributed by atoms with Gasteiger partial charge in [0.15, 0.2) is 5.78 Å². The maximum absolute atomic E-state index is 13.6. The van der Waals surface area contributed by atoms with Gasteiger partial charge in [0.1, 0.15) is 18.2 Å². The van der Waals surface area contributed by atoms with Crippen LogP contribution in [0.5, 0.6) is 5.75 Å². The SMILES string of the molecule is Cc1cccc(N2C(N)=C(C#N)C(c3cc(C)cc(COc4ccc(Cl)cc4C)c3C)C3=C2CCCC3=O)c1. The predicted octanol–water partition coefficient (Wildman–Crippen LogP) is 7.46. The minimum absolute atomic E-state index is 0.0784. The Labute approximate surface area is 235 Å². The van der Waals surface area contributed by atoms with Gasteiger partial charge in [-0.1, -0.05) is 41.4 Å². The molecule has 3 aromatic rings. The second kappa shape index (κ2) is 10.6. The Hall–Kier alpha value is -4.01. The Morgan fingerprint density at radius 2 is 1.85 bits per heavy atom. The third-order valence-corrected chi connectivity index (χ3v) is 7.94. The Morgan fingerprint density at radius 1 is 1.05 bits per heavy atom. The maximum Gasteiger partial charge on any atom is 0.161 e. The Balaban J connectivity index is 1.63. The number of nitrogens with two attached hydrogens (primary N) is 1. The molecule has 198 valence electrons. The number of hydrogen-bond donors (Lipinski definition) is 1. The fourth-order valence-corrected chi connectivity index (χ4v) is 6.03. The van der Waals surface area contributed by atoms with Crippen molar-refractivity contribution < 1.29 is 9.53 Å². The van der Waals surface area contributed by atoms with E-state index in [1.54, 1.807) is 0 Å². The zero-order valence-electron chi connectivity index (χ0n) is 22.8. The highest BCUT2D eigenvalue weighted by Gasteiger charge is 2.41. The summed E-state index contributed by atoms with van der Waals surface area (Å²) in [5.41, 5.74) is 15.6. The molecule has 1 atom stereocenters. The number of rotatable bonds is 5. The average Bonchev–Trinajstić information content (AvgIpc) is 2.89. The number of ether oxygens (including phenoxy) is 1.